The number of benzene rings is 1. The zero-order valence-corrected chi connectivity index (χ0v) is 11.9. The van der Waals surface area contributed by atoms with E-state index in [2.05, 4.69) is 0 Å². The molecule has 0 N–H and O–H groups in total. The van der Waals surface area contributed by atoms with E-state index in [9.17, 15) is 26.7 Å². The second kappa shape index (κ2) is 7.77. The first-order chi connectivity index (χ1) is 9.80. The minimum atomic E-state index is -4.62. The highest BCUT2D eigenvalue weighted by Gasteiger charge is 2.55. The largest absolute Gasteiger partial charge is 0.337 e. The molecule has 0 bridgehead atoms. The zero-order chi connectivity index (χ0) is 15.9. The highest BCUT2D eigenvalue weighted by molar-refractivity contribution is 8.14. The molecule has 0 amide bonds. The number of carbonyl (C=O) groups is 1. The standard InChI is InChI=1S/C14H15F5OS/c15-10-14(18,19)13(16,17)8-4-5-9-21-12(20)11-6-2-1-3-7-11/h1-3,6-7H,4-5,8-10H2. The third-order valence-corrected chi connectivity index (χ3v) is 3.82. The van der Waals surface area contributed by atoms with Crippen LogP contribution in [0.4, 0.5) is 22.0 Å². The number of hydrogen-bond acceptors (Lipinski definition) is 2. The van der Waals surface area contributed by atoms with Crippen molar-refractivity contribution in [2.45, 2.75) is 31.1 Å². The summed E-state index contributed by atoms with van der Waals surface area (Å²) in [4.78, 5) is 11.7. The SMILES string of the molecule is O=C(SCCCCC(F)(F)C(F)(F)CF)c1ccccc1. The fourth-order valence-electron chi connectivity index (χ4n) is 1.55. The van der Waals surface area contributed by atoms with Crippen LogP contribution >= 0.6 is 11.8 Å². The molecule has 0 atom stereocenters. The van der Waals surface area contributed by atoms with Crippen molar-refractivity contribution in [2.24, 2.45) is 0 Å². The van der Waals surface area contributed by atoms with Crippen LogP contribution in [0, 0.1) is 0 Å². The molecule has 1 nitrogen and oxygen atoms in total. The lowest BCUT2D eigenvalue weighted by atomic mass is 10.1. The third kappa shape index (κ3) is 5.30. The van der Waals surface area contributed by atoms with Crippen LogP contribution < -0.4 is 0 Å². The number of hydrogen-bond donors (Lipinski definition) is 0. The maximum atomic E-state index is 13.0. The Kier molecular flexibility index (Phi) is 6.64. The molecule has 0 aromatic heterocycles. The molecule has 0 saturated heterocycles. The van der Waals surface area contributed by atoms with Gasteiger partial charge in [0.25, 0.3) is 0 Å². The third-order valence-electron chi connectivity index (χ3n) is 2.83. The Labute approximate surface area is 123 Å². The summed E-state index contributed by atoms with van der Waals surface area (Å²) in [6.45, 7) is -2.37. The second-order valence-corrected chi connectivity index (χ2v) is 5.57. The molecular formula is C14H15F5OS. The van der Waals surface area contributed by atoms with Gasteiger partial charge in [-0.2, -0.15) is 17.6 Å². The molecule has 0 radical (unpaired) electrons. The first-order valence-corrected chi connectivity index (χ1v) is 7.32. The van der Waals surface area contributed by atoms with E-state index in [0.717, 1.165) is 11.8 Å². The number of rotatable bonds is 8. The van der Waals surface area contributed by atoms with E-state index < -0.39 is 24.9 Å². The van der Waals surface area contributed by atoms with Crippen molar-refractivity contribution in [1.82, 2.24) is 0 Å². The predicted molar refractivity (Wildman–Crippen MR) is 73.0 cm³/mol. The molecule has 0 aliphatic carbocycles. The van der Waals surface area contributed by atoms with E-state index in [0.29, 0.717) is 5.56 Å². The maximum absolute atomic E-state index is 13.0. The Morgan fingerprint density at radius 1 is 1.00 bits per heavy atom. The van der Waals surface area contributed by atoms with Crippen molar-refractivity contribution in [3.63, 3.8) is 0 Å². The van der Waals surface area contributed by atoms with Crippen LogP contribution in [0.1, 0.15) is 29.6 Å². The molecule has 0 fully saturated rings. The molecule has 0 unspecified atom stereocenters. The molecule has 1 aromatic rings. The molecule has 0 aliphatic rings. The molecule has 0 heterocycles. The van der Waals surface area contributed by atoms with Gasteiger partial charge < -0.3 is 0 Å². The van der Waals surface area contributed by atoms with E-state index >= 15 is 0 Å². The topological polar surface area (TPSA) is 17.1 Å². The summed E-state index contributed by atoms with van der Waals surface area (Å²) >= 11 is 0.948. The van der Waals surface area contributed by atoms with Crippen LogP contribution in [0.15, 0.2) is 30.3 Å². The van der Waals surface area contributed by atoms with E-state index in [1.807, 2.05) is 0 Å². The van der Waals surface area contributed by atoms with Gasteiger partial charge in [0.05, 0.1) is 0 Å². The van der Waals surface area contributed by atoms with Gasteiger partial charge in [-0.15, -0.1) is 0 Å². The normalized spacial score (nSPS) is 12.4. The predicted octanol–water partition coefficient (Wildman–Crippen LogP) is 4.97. The zero-order valence-electron chi connectivity index (χ0n) is 11.1. The minimum Gasteiger partial charge on any atom is -0.282 e. The van der Waals surface area contributed by atoms with Crippen molar-refractivity contribution in [3.8, 4) is 0 Å². The van der Waals surface area contributed by atoms with Crippen molar-refractivity contribution < 1.29 is 26.7 Å². The van der Waals surface area contributed by atoms with Gasteiger partial charge in [-0.25, -0.2) is 4.39 Å². The Hall–Kier alpha value is -1.11. The molecular weight excluding hydrogens is 311 g/mol. The highest BCUT2D eigenvalue weighted by Crippen LogP contribution is 2.38. The molecule has 1 aromatic carbocycles. The Balaban J connectivity index is 2.28. The van der Waals surface area contributed by atoms with Gasteiger partial charge in [0.1, 0.15) is 0 Å². The van der Waals surface area contributed by atoms with Gasteiger partial charge in [-0.3, -0.25) is 4.79 Å². The molecule has 0 spiro atoms. The van der Waals surface area contributed by atoms with Gasteiger partial charge in [0, 0.05) is 17.7 Å². The quantitative estimate of drug-likeness (QED) is 0.495. The summed E-state index contributed by atoms with van der Waals surface area (Å²) < 4.78 is 63.0. The van der Waals surface area contributed by atoms with Gasteiger partial charge in [-0.1, -0.05) is 42.1 Å². The van der Waals surface area contributed by atoms with Crippen LogP contribution in [-0.2, 0) is 0 Å². The second-order valence-electron chi connectivity index (χ2n) is 4.50. The minimum absolute atomic E-state index is 0.182. The lowest BCUT2D eigenvalue weighted by molar-refractivity contribution is -0.218. The van der Waals surface area contributed by atoms with Crippen molar-refractivity contribution in [3.05, 3.63) is 35.9 Å². The number of halogens is 5. The number of carbonyl (C=O) groups excluding carboxylic acids is 1. The Bertz CT molecular complexity index is 450. The summed E-state index contributed by atoms with van der Waals surface area (Å²) in [5.41, 5.74) is 0.497. The van der Waals surface area contributed by atoms with Crippen LogP contribution in [0.3, 0.4) is 0 Å². The first-order valence-electron chi connectivity index (χ1n) is 6.34. The van der Waals surface area contributed by atoms with Crippen LogP contribution in [-0.4, -0.2) is 29.4 Å². The van der Waals surface area contributed by atoms with E-state index in [1.54, 1.807) is 30.3 Å². The highest BCUT2D eigenvalue weighted by atomic mass is 32.2. The van der Waals surface area contributed by atoms with Crippen molar-refractivity contribution in [2.75, 3.05) is 12.4 Å². The number of alkyl halides is 5. The van der Waals surface area contributed by atoms with Crippen molar-refractivity contribution in [1.29, 1.82) is 0 Å². The summed E-state index contributed by atoms with van der Waals surface area (Å²) in [6, 6.07) is 8.42. The maximum Gasteiger partial charge on any atom is 0.337 e. The summed E-state index contributed by atoms with van der Waals surface area (Å²) in [7, 11) is 0. The lowest BCUT2D eigenvalue weighted by Crippen LogP contribution is -2.42. The van der Waals surface area contributed by atoms with Gasteiger partial charge >= 0.3 is 11.8 Å². The first kappa shape index (κ1) is 17.9. The van der Waals surface area contributed by atoms with E-state index in [1.165, 1.54) is 0 Å². The fraction of sp³-hybridized carbons (Fsp3) is 0.500. The fourth-order valence-corrected chi connectivity index (χ4v) is 2.39. The molecule has 118 valence electrons. The molecule has 0 saturated carbocycles. The van der Waals surface area contributed by atoms with Gasteiger partial charge in [-0.05, 0) is 12.8 Å². The summed E-state index contributed by atoms with van der Waals surface area (Å²) in [6.07, 6.45) is -1.11. The van der Waals surface area contributed by atoms with E-state index in [4.69, 9.17) is 0 Å². The molecule has 7 heteroatoms. The van der Waals surface area contributed by atoms with Crippen LogP contribution in [0.25, 0.3) is 0 Å². The molecule has 1 rings (SSSR count). The molecule has 21 heavy (non-hydrogen) atoms. The Morgan fingerprint density at radius 2 is 1.62 bits per heavy atom. The lowest BCUT2D eigenvalue weighted by Gasteiger charge is -2.23. The van der Waals surface area contributed by atoms with Crippen LogP contribution in [0.5, 0.6) is 0 Å². The Morgan fingerprint density at radius 3 is 2.19 bits per heavy atom. The van der Waals surface area contributed by atoms with Crippen molar-refractivity contribution >= 4 is 16.9 Å². The smallest absolute Gasteiger partial charge is 0.282 e. The average molecular weight is 326 g/mol. The number of unbranched alkanes of at least 4 members (excludes halogenated alkanes) is 1. The summed E-state index contributed by atoms with van der Waals surface area (Å²) in [5, 5.41) is -0.198. The van der Waals surface area contributed by atoms with E-state index in [-0.39, 0.29) is 23.7 Å². The van der Waals surface area contributed by atoms with Gasteiger partial charge in [0.2, 0.25) is 5.12 Å². The average Bonchev–Trinajstić information content (AvgIpc) is 2.47. The number of thioether (sulfide) groups is 1. The summed E-state index contributed by atoms with van der Waals surface area (Å²) in [5.74, 6) is -8.72. The monoisotopic (exact) mass is 326 g/mol. The van der Waals surface area contributed by atoms with Crippen LogP contribution in [0.2, 0.25) is 0 Å². The molecule has 0 aliphatic heterocycles. The van der Waals surface area contributed by atoms with Gasteiger partial charge in [0.15, 0.2) is 6.67 Å².